The van der Waals surface area contributed by atoms with Crippen LogP contribution in [0.5, 0.6) is 5.75 Å². The highest BCUT2D eigenvalue weighted by atomic mass is 16.5. The smallest absolute Gasteiger partial charge is 0.223 e. The quantitative estimate of drug-likeness (QED) is 0.334. The van der Waals surface area contributed by atoms with Crippen LogP contribution in [0.25, 0.3) is 0 Å². The van der Waals surface area contributed by atoms with E-state index in [-0.39, 0.29) is 11.8 Å². The van der Waals surface area contributed by atoms with Gasteiger partial charge in [-0.1, -0.05) is 26.0 Å². The second kappa shape index (κ2) is 10.8. The number of nitrogens with zero attached hydrogens (tertiary/aromatic N) is 1. The average molecular weight is 375 g/mol. The number of aryl methyl sites for hydroxylation is 1. The van der Waals surface area contributed by atoms with Gasteiger partial charge in [0, 0.05) is 38.2 Å². The molecule has 0 saturated heterocycles. The normalized spacial score (nSPS) is 14.2. The highest BCUT2D eigenvalue weighted by molar-refractivity contribution is 5.81. The molecule has 0 aliphatic heterocycles. The monoisotopic (exact) mass is 374 g/mol. The minimum atomic E-state index is 0.169. The minimum absolute atomic E-state index is 0.169. The van der Waals surface area contributed by atoms with Gasteiger partial charge < -0.3 is 20.7 Å². The van der Waals surface area contributed by atoms with Crippen LogP contribution in [0.2, 0.25) is 0 Å². The fraction of sp³-hybridized carbons (Fsp3) is 0.619. The van der Waals surface area contributed by atoms with Crippen molar-refractivity contribution < 1.29 is 9.53 Å². The summed E-state index contributed by atoms with van der Waals surface area (Å²) in [5.74, 6) is 2.68. The molecule has 6 nitrogen and oxygen atoms in total. The van der Waals surface area contributed by atoms with Crippen LogP contribution >= 0.6 is 0 Å². The van der Waals surface area contributed by atoms with E-state index in [1.54, 1.807) is 7.05 Å². The van der Waals surface area contributed by atoms with Crippen LogP contribution in [0.15, 0.2) is 23.2 Å². The Kier molecular flexibility index (Phi) is 8.43. The van der Waals surface area contributed by atoms with E-state index >= 15 is 0 Å². The van der Waals surface area contributed by atoms with Crippen molar-refractivity contribution in [2.45, 2.75) is 46.6 Å². The number of carbonyl (C=O) groups excluding carboxylic acids is 1. The molecule has 1 saturated carbocycles. The van der Waals surface area contributed by atoms with Gasteiger partial charge in [-0.3, -0.25) is 9.79 Å². The third-order valence-corrected chi connectivity index (χ3v) is 4.51. The molecule has 0 heterocycles. The van der Waals surface area contributed by atoms with Gasteiger partial charge in [0.15, 0.2) is 5.96 Å². The maximum atomic E-state index is 11.6. The molecule has 1 aliphatic carbocycles. The zero-order valence-corrected chi connectivity index (χ0v) is 17.1. The molecule has 1 aromatic rings. The van der Waals surface area contributed by atoms with Crippen LogP contribution in [-0.4, -0.2) is 38.6 Å². The summed E-state index contributed by atoms with van der Waals surface area (Å²) in [7, 11) is 1.74. The molecule has 0 aromatic heterocycles. The minimum Gasteiger partial charge on any atom is -0.493 e. The van der Waals surface area contributed by atoms with Crippen molar-refractivity contribution in [3.63, 3.8) is 0 Å². The zero-order valence-electron chi connectivity index (χ0n) is 17.1. The molecule has 1 aliphatic rings. The van der Waals surface area contributed by atoms with Gasteiger partial charge >= 0.3 is 0 Å². The number of guanidine groups is 1. The predicted octanol–water partition coefficient (Wildman–Crippen LogP) is 2.61. The predicted molar refractivity (Wildman–Crippen MR) is 110 cm³/mol. The summed E-state index contributed by atoms with van der Waals surface area (Å²) in [6.45, 7) is 9.07. The number of amides is 1. The van der Waals surface area contributed by atoms with Crippen LogP contribution in [0.1, 0.15) is 44.2 Å². The number of ether oxygens (including phenoxy) is 1. The highest BCUT2D eigenvalue weighted by Crippen LogP contribution is 2.28. The first-order valence-electron chi connectivity index (χ1n) is 9.94. The molecule has 0 atom stereocenters. The number of aliphatic imine (C=N–C) groups is 1. The van der Waals surface area contributed by atoms with E-state index in [1.165, 1.54) is 5.56 Å². The summed E-state index contributed by atoms with van der Waals surface area (Å²) in [5, 5.41) is 9.48. The highest BCUT2D eigenvalue weighted by Gasteiger charge is 2.28. The van der Waals surface area contributed by atoms with Gasteiger partial charge in [-0.25, -0.2) is 0 Å². The fourth-order valence-corrected chi connectivity index (χ4v) is 2.60. The van der Waals surface area contributed by atoms with Crippen LogP contribution in [0.4, 0.5) is 0 Å². The van der Waals surface area contributed by atoms with E-state index in [2.05, 4.69) is 59.9 Å². The van der Waals surface area contributed by atoms with Crippen molar-refractivity contribution in [3.05, 3.63) is 29.3 Å². The Bertz CT molecular complexity index is 639. The lowest BCUT2D eigenvalue weighted by Crippen LogP contribution is -2.41. The molecule has 0 spiro atoms. The summed E-state index contributed by atoms with van der Waals surface area (Å²) < 4.78 is 6.00. The van der Waals surface area contributed by atoms with Crippen LogP contribution in [0, 0.1) is 18.8 Å². The molecule has 150 valence electrons. The number of hydrogen-bond donors (Lipinski definition) is 3. The number of benzene rings is 1. The van der Waals surface area contributed by atoms with Crippen molar-refractivity contribution in [1.82, 2.24) is 16.0 Å². The summed E-state index contributed by atoms with van der Waals surface area (Å²) in [6, 6.07) is 6.27. The van der Waals surface area contributed by atoms with Gasteiger partial charge in [-0.05, 0) is 43.7 Å². The van der Waals surface area contributed by atoms with Crippen molar-refractivity contribution in [3.8, 4) is 5.75 Å². The zero-order chi connectivity index (χ0) is 19.6. The molecule has 0 radical (unpaired) electrons. The maximum absolute atomic E-state index is 11.6. The first-order chi connectivity index (χ1) is 13.0. The Morgan fingerprint density at radius 1 is 1.22 bits per heavy atom. The Hall–Kier alpha value is -2.24. The molecule has 2 rings (SSSR count). The Morgan fingerprint density at radius 2 is 1.96 bits per heavy atom. The van der Waals surface area contributed by atoms with E-state index in [0.717, 1.165) is 37.2 Å². The van der Waals surface area contributed by atoms with Crippen LogP contribution in [-0.2, 0) is 11.3 Å². The van der Waals surface area contributed by atoms with E-state index in [0.29, 0.717) is 31.5 Å². The van der Waals surface area contributed by atoms with E-state index in [9.17, 15) is 4.79 Å². The Labute approximate surface area is 163 Å². The van der Waals surface area contributed by atoms with Gasteiger partial charge in [0.1, 0.15) is 5.75 Å². The molecule has 1 fully saturated rings. The van der Waals surface area contributed by atoms with E-state index in [4.69, 9.17) is 4.74 Å². The Morgan fingerprint density at radius 3 is 2.63 bits per heavy atom. The third-order valence-electron chi connectivity index (χ3n) is 4.51. The van der Waals surface area contributed by atoms with Crippen molar-refractivity contribution in [2.75, 3.05) is 26.7 Å². The first-order valence-corrected chi connectivity index (χ1v) is 9.94. The fourth-order valence-electron chi connectivity index (χ4n) is 2.60. The topological polar surface area (TPSA) is 74.8 Å². The number of carbonyl (C=O) groups is 1. The lowest BCUT2D eigenvalue weighted by Gasteiger charge is -2.16. The molecule has 0 bridgehead atoms. The maximum Gasteiger partial charge on any atom is 0.223 e. The molecule has 6 heteroatoms. The van der Waals surface area contributed by atoms with Gasteiger partial charge in [0.25, 0.3) is 0 Å². The largest absolute Gasteiger partial charge is 0.493 e. The van der Waals surface area contributed by atoms with Crippen molar-refractivity contribution in [2.24, 2.45) is 16.8 Å². The second-order valence-corrected chi connectivity index (χ2v) is 7.56. The first kappa shape index (κ1) is 21.1. The Balaban J connectivity index is 1.77. The van der Waals surface area contributed by atoms with E-state index in [1.807, 2.05) is 0 Å². The summed E-state index contributed by atoms with van der Waals surface area (Å²) in [4.78, 5) is 15.9. The van der Waals surface area contributed by atoms with Gasteiger partial charge in [0.2, 0.25) is 5.91 Å². The standard InChI is InChI=1S/C21H34N4O2/c1-15(2)9-12-27-19-13-16(3)5-6-18(19)14-25-21(22-4)24-11-10-23-20(26)17-7-8-17/h5-6,13,15,17H,7-12,14H2,1-4H3,(H,23,26)(H2,22,24,25). The number of nitrogens with one attached hydrogen (secondary N) is 3. The summed E-state index contributed by atoms with van der Waals surface area (Å²) in [6.07, 6.45) is 3.10. The lowest BCUT2D eigenvalue weighted by atomic mass is 10.1. The van der Waals surface area contributed by atoms with Crippen LogP contribution < -0.4 is 20.7 Å². The molecule has 1 aromatic carbocycles. The van der Waals surface area contributed by atoms with Gasteiger partial charge in [0.05, 0.1) is 6.61 Å². The summed E-state index contributed by atoms with van der Waals surface area (Å²) >= 11 is 0. The lowest BCUT2D eigenvalue weighted by molar-refractivity contribution is -0.122. The SMILES string of the molecule is CN=C(NCCNC(=O)C1CC1)NCc1ccc(C)cc1OCCC(C)C. The number of rotatable bonds is 10. The third kappa shape index (κ3) is 7.89. The number of hydrogen-bond acceptors (Lipinski definition) is 3. The van der Waals surface area contributed by atoms with Crippen molar-refractivity contribution in [1.29, 1.82) is 0 Å². The molecular formula is C21H34N4O2. The molecular weight excluding hydrogens is 340 g/mol. The molecule has 27 heavy (non-hydrogen) atoms. The van der Waals surface area contributed by atoms with Gasteiger partial charge in [-0.15, -0.1) is 0 Å². The van der Waals surface area contributed by atoms with Crippen molar-refractivity contribution >= 4 is 11.9 Å². The second-order valence-electron chi connectivity index (χ2n) is 7.56. The van der Waals surface area contributed by atoms with Gasteiger partial charge in [-0.2, -0.15) is 0 Å². The van der Waals surface area contributed by atoms with Crippen LogP contribution in [0.3, 0.4) is 0 Å². The average Bonchev–Trinajstić information content (AvgIpc) is 3.47. The summed E-state index contributed by atoms with van der Waals surface area (Å²) in [5.41, 5.74) is 2.29. The molecule has 0 unspecified atom stereocenters. The van der Waals surface area contributed by atoms with E-state index < -0.39 is 0 Å². The molecule has 3 N–H and O–H groups in total. The molecule has 1 amide bonds.